The SMILES string of the molecule is COc1ccccc1NC(=O)CSc1nc(C(C)(C)C)cs1. The molecule has 0 aliphatic heterocycles. The topological polar surface area (TPSA) is 51.2 Å². The molecule has 0 aliphatic carbocycles. The molecule has 0 atom stereocenters. The van der Waals surface area contributed by atoms with Gasteiger partial charge in [0, 0.05) is 10.8 Å². The smallest absolute Gasteiger partial charge is 0.234 e. The van der Waals surface area contributed by atoms with Gasteiger partial charge >= 0.3 is 0 Å². The Morgan fingerprint density at radius 3 is 2.73 bits per heavy atom. The second kappa shape index (κ2) is 7.15. The monoisotopic (exact) mass is 336 g/mol. The summed E-state index contributed by atoms with van der Waals surface area (Å²) in [4.78, 5) is 16.6. The van der Waals surface area contributed by atoms with Crippen molar-refractivity contribution in [2.45, 2.75) is 30.5 Å². The maximum absolute atomic E-state index is 12.0. The zero-order valence-corrected chi connectivity index (χ0v) is 14.8. The second-order valence-corrected chi connectivity index (χ2v) is 7.87. The Kier molecular flexibility index (Phi) is 5.47. The highest BCUT2D eigenvalue weighted by molar-refractivity contribution is 8.01. The van der Waals surface area contributed by atoms with Crippen molar-refractivity contribution in [1.82, 2.24) is 4.98 Å². The van der Waals surface area contributed by atoms with Crippen LogP contribution in [0.25, 0.3) is 0 Å². The second-order valence-electron chi connectivity index (χ2n) is 5.79. The predicted molar refractivity (Wildman–Crippen MR) is 93.2 cm³/mol. The normalized spacial score (nSPS) is 11.3. The van der Waals surface area contributed by atoms with Crippen LogP contribution in [0.3, 0.4) is 0 Å². The van der Waals surface area contributed by atoms with Gasteiger partial charge in [0.15, 0.2) is 4.34 Å². The molecule has 0 unspecified atom stereocenters. The fraction of sp³-hybridized carbons (Fsp3) is 0.375. The number of rotatable bonds is 5. The summed E-state index contributed by atoms with van der Waals surface area (Å²) in [5.74, 6) is 0.918. The largest absolute Gasteiger partial charge is 0.495 e. The number of thioether (sulfide) groups is 1. The number of thiazole rings is 1. The molecule has 0 saturated heterocycles. The molecule has 0 aliphatic rings. The fourth-order valence-corrected chi connectivity index (χ4v) is 3.58. The highest BCUT2D eigenvalue weighted by Crippen LogP contribution is 2.29. The van der Waals surface area contributed by atoms with Crippen LogP contribution in [0.15, 0.2) is 34.0 Å². The molecule has 1 heterocycles. The van der Waals surface area contributed by atoms with Crippen molar-refractivity contribution in [2.75, 3.05) is 18.2 Å². The molecule has 0 fully saturated rings. The molecule has 0 spiro atoms. The van der Waals surface area contributed by atoms with Crippen molar-refractivity contribution in [2.24, 2.45) is 0 Å². The predicted octanol–water partition coefficient (Wildman–Crippen LogP) is 4.18. The van der Waals surface area contributed by atoms with Crippen molar-refractivity contribution in [3.63, 3.8) is 0 Å². The van der Waals surface area contributed by atoms with E-state index >= 15 is 0 Å². The van der Waals surface area contributed by atoms with Crippen LogP contribution in [0.5, 0.6) is 5.75 Å². The quantitative estimate of drug-likeness (QED) is 0.832. The lowest BCUT2D eigenvalue weighted by atomic mass is 9.93. The lowest BCUT2D eigenvalue weighted by Crippen LogP contribution is -2.14. The van der Waals surface area contributed by atoms with Crippen molar-refractivity contribution in [3.05, 3.63) is 35.3 Å². The first kappa shape index (κ1) is 16.8. The van der Waals surface area contributed by atoms with Gasteiger partial charge in [-0.1, -0.05) is 44.7 Å². The number of hydrogen-bond donors (Lipinski definition) is 1. The van der Waals surface area contributed by atoms with Crippen LogP contribution in [0.4, 0.5) is 5.69 Å². The Morgan fingerprint density at radius 1 is 1.36 bits per heavy atom. The van der Waals surface area contributed by atoms with Crippen molar-refractivity contribution in [3.8, 4) is 5.75 Å². The number of para-hydroxylation sites is 2. The number of anilines is 1. The summed E-state index contributed by atoms with van der Waals surface area (Å²) < 4.78 is 6.13. The number of ether oxygens (including phenoxy) is 1. The number of carbonyl (C=O) groups excluding carboxylic acids is 1. The van der Waals surface area contributed by atoms with Gasteiger partial charge < -0.3 is 10.1 Å². The minimum atomic E-state index is -0.0676. The summed E-state index contributed by atoms with van der Waals surface area (Å²) in [6, 6.07) is 7.37. The van der Waals surface area contributed by atoms with E-state index in [1.54, 1.807) is 18.4 Å². The number of nitrogens with zero attached hydrogens (tertiary/aromatic N) is 1. The van der Waals surface area contributed by atoms with E-state index in [2.05, 4.69) is 36.5 Å². The summed E-state index contributed by atoms with van der Waals surface area (Å²) in [5, 5.41) is 4.92. The van der Waals surface area contributed by atoms with Crippen LogP contribution < -0.4 is 10.1 Å². The van der Waals surface area contributed by atoms with E-state index in [9.17, 15) is 4.79 Å². The highest BCUT2D eigenvalue weighted by Gasteiger charge is 2.18. The summed E-state index contributed by atoms with van der Waals surface area (Å²) in [7, 11) is 1.59. The minimum Gasteiger partial charge on any atom is -0.495 e. The lowest BCUT2D eigenvalue weighted by Gasteiger charge is -2.14. The van der Waals surface area contributed by atoms with Gasteiger partial charge in [-0.2, -0.15) is 0 Å². The van der Waals surface area contributed by atoms with Crippen LogP contribution in [0.1, 0.15) is 26.5 Å². The number of amides is 1. The molecule has 1 N–H and O–H groups in total. The zero-order valence-electron chi connectivity index (χ0n) is 13.2. The average molecular weight is 336 g/mol. The summed E-state index contributed by atoms with van der Waals surface area (Å²) in [6.45, 7) is 6.39. The van der Waals surface area contributed by atoms with Gasteiger partial charge in [0.2, 0.25) is 5.91 Å². The molecule has 1 aromatic carbocycles. The Hall–Kier alpha value is -1.53. The van der Waals surface area contributed by atoms with E-state index in [0.29, 0.717) is 17.2 Å². The number of methoxy groups -OCH3 is 1. The Labute approximate surface area is 139 Å². The Morgan fingerprint density at radius 2 is 2.09 bits per heavy atom. The molecule has 1 aromatic heterocycles. The Bertz CT molecular complexity index is 648. The molecule has 0 saturated carbocycles. The third-order valence-electron chi connectivity index (χ3n) is 2.96. The molecular formula is C16H20N2O2S2. The Balaban J connectivity index is 1.92. The van der Waals surface area contributed by atoms with Gasteiger partial charge in [0.05, 0.1) is 24.2 Å². The fourth-order valence-electron chi connectivity index (χ4n) is 1.73. The van der Waals surface area contributed by atoms with Crippen molar-refractivity contribution < 1.29 is 9.53 Å². The van der Waals surface area contributed by atoms with E-state index in [1.807, 2.05) is 24.3 Å². The first-order valence-electron chi connectivity index (χ1n) is 6.92. The zero-order chi connectivity index (χ0) is 16.2. The number of benzene rings is 1. The van der Waals surface area contributed by atoms with Gasteiger partial charge in [0.1, 0.15) is 5.75 Å². The molecule has 22 heavy (non-hydrogen) atoms. The van der Waals surface area contributed by atoms with E-state index in [-0.39, 0.29) is 11.3 Å². The van der Waals surface area contributed by atoms with Gasteiger partial charge in [0.25, 0.3) is 0 Å². The molecule has 2 aromatic rings. The summed E-state index contributed by atoms with van der Waals surface area (Å²) >= 11 is 3.03. The number of aromatic nitrogens is 1. The van der Waals surface area contributed by atoms with Crippen molar-refractivity contribution >= 4 is 34.7 Å². The minimum absolute atomic E-state index is 0.0367. The number of carbonyl (C=O) groups is 1. The first-order valence-corrected chi connectivity index (χ1v) is 8.78. The maximum Gasteiger partial charge on any atom is 0.234 e. The third kappa shape index (κ3) is 4.48. The van der Waals surface area contributed by atoms with Gasteiger partial charge in [-0.3, -0.25) is 4.79 Å². The maximum atomic E-state index is 12.0. The van der Waals surface area contributed by atoms with Crippen LogP contribution in [0, 0.1) is 0 Å². The standard InChI is InChI=1S/C16H20N2O2S2/c1-16(2,3)13-9-21-15(18-13)22-10-14(19)17-11-7-5-6-8-12(11)20-4/h5-9H,10H2,1-4H3,(H,17,19). The first-order chi connectivity index (χ1) is 10.4. The van der Waals surface area contributed by atoms with Crippen molar-refractivity contribution in [1.29, 1.82) is 0 Å². The molecule has 6 heteroatoms. The van der Waals surface area contributed by atoms with Crippen LogP contribution in [-0.2, 0) is 10.2 Å². The van der Waals surface area contributed by atoms with E-state index in [0.717, 1.165) is 10.0 Å². The molecule has 0 radical (unpaired) electrons. The summed E-state index contributed by atoms with van der Waals surface area (Å²) in [5.41, 5.74) is 1.78. The summed E-state index contributed by atoms with van der Waals surface area (Å²) in [6.07, 6.45) is 0. The third-order valence-corrected chi connectivity index (χ3v) is 4.98. The molecule has 2 rings (SSSR count). The average Bonchev–Trinajstić information content (AvgIpc) is 2.95. The molecule has 118 valence electrons. The highest BCUT2D eigenvalue weighted by atomic mass is 32.2. The molecule has 0 bridgehead atoms. The molecule has 1 amide bonds. The van der Waals surface area contributed by atoms with Crippen LogP contribution in [0.2, 0.25) is 0 Å². The molecular weight excluding hydrogens is 316 g/mol. The van der Waals surface area contributed by atoms with Gasteiger partial charge in [-0.25, -0.2) is 4.98 Å². The van der Waals surface area contributed by atoms with Crippen LogP contribution >= 0.6 is 23.1 Å². The van der Waals surface area contributed by atoms with Gasteiger partial charge in [-0.15, -0.1) is 11.3 Å². The van der Waals surface area contributed by atoms with Crippen LogP contribution in [-0.4, -0.2) is 23.8 Å². The van der Waals surface area contributed by atoms with E-state index in [1.165, 1.54) is 11.8 Å². The number of hydrogen-bond acceptors (Lipinski definition) is 5. The van der Waals surface area contributed by atoms with E-state index in [4.69, 9.17) is 4.74 Å². The molecule has 4 nitrogen and oxygen atoms in total. The van der Waals surface area contributed by atoms with E-state index < -0.39 is 0 Å². The van der Waals surface area contributed by atoms with Gasteiger partial charge in [-0.05, 0) is 12.1 Å². The lowest BCUT2D eigenvalue weighted by molar-refractivity contribution is -0.113. The number of nitrogens with one attached hydrogen (secondary N) is 1.